The minimum Gasteiger partial charge on any atom is -0.619 e. The third kappa shape index (κ3) is 1.94. The summed E-state index contributed by atoms with van der Waals surface area (Å²) in [7, 11) is 1.12. The van der Waals surface area contributed by atoms with E-state index in [9.17, 15) is 20.1 Å². The van der Waals surface area contributed by atoms with Crippen molar-refractivity contribution in [3.8, 4) is 0 Å². The average molecular weight is 198 g/mol. The molecule has 0 aliphatic carbocycles. The first-order chi connectivity index (χ1) is 6.54. The van der Waals surface area contributed by atoms with Gasteiger partial charge in [0.1, 0.15) is 5.56 Å². The Morgan fingerprint density at radius 3 is 2.71 bits per heavy atom. The minimum absolute atomic E-state index is 0.156. The van der Waals surface area contributed by atoms with Crippen LogP contribution in [0.5, 0.6) is 0 Å². The molecule has 14 heavy (non-hydrogen) atoms. The molecule has 0 aliphatic heterocycles. The Balaban J connectivity index is 3.20. The highest BCUT2D eigenvalue weighted by atomic mass is 16.6. The molecule has 7 nitrogen and oxygen atoms in total. The molecule has 0 fully saturated rings. The van der Waals surface area contributed by atoms with Crippen molar-refractivity contribution < 1.29 is 19.2 Å². The van der Waals surface area contributed by atoms with Gasteiger partial charge in [0.2, 0.25) is 0 Å². The van der Waals surface area contributed by atoms with Crippen LogP contribution in [0.15, 0.2) is 18.5 Å². The number of nitrogens with zero attached hydrogens (tertiary/aromatic N) is 2. The van der Waals surface area contributed by atoms with Gasteiger partial charge >= 0.3 is 11.7 Å². The first kappa shape index (κ1) is 9.90. The zero-order chi connectivity index (χ0) is 10.7. The van der Waals surface area contributed by atoms with Crippen LogP contribution in [0.4, 0.5) is 5.69 Å². The van der Waals surface area contributed by atoms with Gasteiger partial charge in [0, 0.05) is 6.07 Å². The van der Waals surface area contributed by atoms with Gasteiger partial charge in [0.15, 0.2) is 6.20 Å². The van der Waals surface area contributed by atoms with Gasteiger partial charge in [-0.3, -0.25) is 10.1 Å². The zero-order valence-electron chi connectivity index (χ0n) is 7.17. The molecule has 0 aliphatic rings. The Labute approximate surface area is 78.3 Å². The molecule has 0 aromatic carbocycles. The molecule has 0 saturated carbocycles. The molecule has 0 atom stereocenters. The number of nitro groups is 1. The summed E-state index contributed by atoms with van der Waals surface area (Å²) in [6.45, 7) is 0. The molecule has 1 rings (SSSR count). The second-order valence-electron chi connectivity index (χ2n) is 2.39. The van der Waals surface area contributed by atoms with Crippen LogP contribution in [0.3, 0.4) is 0 Å². The SMILES string of the molecule is COC(=O)c1cc([N+](=O)[O-])c[n+]([O-])c1. The van der Waals surface area contributed by atoms with E-state index in [4.69, 9.17) is 0 Å². The highest BCUT2D eigenvalue weighted by Crippen LogP contribution is 2.10. The summed E-state index contributed by atoms with van der Waals surface area (Å²) in [5.74, 6) is -0.793. The van der Waals surface area contributed by atoms with Crippen molar-refractivity contribution in [1.82, 2.24) is 0 Å². The summed E-state index contributed by atoms with van der Waals surface area (Å²) in [5.41, 5.74) is -0.611. The Morgan fingerprint density at radius 2 is 2.21 bits per heavy atom. The fraction of sp³-hybridized carbons (Fsp3) is 0.143. The normalized spacial score (nSPS) is 9.50. The standard InChI is InChI=1S/C7H6N2O5/c1-14-7(10)5-2-6(9(12)13)4-8(11)3-5/h2-4H,1H3. The quantitative estimate of drug-likeness (QED) is 0.219. The molecule has 0 spiro atoms. The zero-order valence-corrected chi connectivity index (χ0v) is 7.17. The van der Waals surface area contributed by atoms with Crippen molar-refractivity contribution in [3.05, 3.63) is 39.3 Å². The maximum Gasteiger partial charge on any atom is 0.344 e. The summed E-state index contributed by atoms with van der Waals surface area (Å²) >= 11 is 0. The number of ether oxygens (including phenoxy) is 1. The van der Waals surface area contributed by atoms with Crippen molar-refractivity contribution >= 4 is 11.7 Å². The molecule has 7 heteroatoms. The average Bonchev–Trinajstić information content (AvgIpc) is 2.15. The number of carbonyl (C=O) groups excluding carboxylic acids is 1. The van der Waals surface area contributed by atoms with Crippen LogP contribution >= 0.6 is 0 Å². The molecular weight excluding hydrogens is 192 g/mol. The lowest BCUT2D eigenvalue weighted by Crippen LogP contribution is -2.27. The summed E-state index contributed by atoms with van der Waals surface area (Å²) in [4.78, 5) is 20.5. The first-order valence-corrected chi connectivity index (χ1v) is 3.51. The van der Waals surface area contributed by atoms with E-state index in [1.165, 1.54) is 0 Å². The third-order valence-electron chi connectivity index (χ3n) is 1.46. The molecule has 0 radical (unpaired) electrons. The van der Waals surface area contributed by atoms with Crippen molar-refractivity contribution in [2.24, 2.45) is 0 Å². The van der Waals surface area contributed by atoms with Crippen LogP contribution in [0.25, 0.3) is 0 Å². The van der Waals surface area contributed by atoms with Crippen LogP contribution in [0, 0.1) is 15.3 Å². The van der Waals surface area contributed by atoms with E-state index in [0.29, 0.717) is 0 Å². The molecule has 0 bridgehead atoms. The maximum atomic E-state index is 10.9. The van der Waals surface area contributed by atoms with Crippen molar-refractivity contribution in [2.45, 2.75) is 0 Å². The summed E-state index contributed by atoms with van der Waals surface area (Å²) in [6.07, 6.45) is 1.66. The predicted molar refractivity (Wildman–Crippen MR) is 43.4 cm³/mol. The summed E-state index contributed by atoms with van der Waals surface area (Å²) < 4.78 is 4.50. The predicted octanol–water partition coefficient (Wildman–Crippen LogP) is 0.0148. The van der Waals surface area contributed by atoms with Gasteiger partial charge in [-0.2, -0.15) is 4.73 Å². The van der Waals surface area contributed by atoms with E-state index in [-0.39, 0.29) is 10.3 Å². The van der Waals surface area contributed by atoms with Crippen molar-refractivity contribution in [3.63, 3.8) is 0 Å². The van der Waals surface area contributed by atoms with Crippen LogP contribution in [0.1, 0.15) is 10.4 Å². The van der Waals surface area contributed by atoms with Crippen molar-refractivity contribution in [2.75, 3.05) is 7.11 Å². The number of carbonyl (C=O) groups is 1. The molecule has 0 amide bonds. The molecule has 1 heterocycles. The van der Waals surface area contributed by atoms with E-state index in [0.717, 1.165) is 25.6 Å². The number of pyridine rings is 1. The van der Waals surface area contributed by atoms with E-state index in [1.54, 1.807) is 0 Å². The number of aromatic nitrogens is 1. The number of hydrogen-bond donors (Lipinski definition) is 0. The van der Waals surface area contributed by atoms with Gasteiger partial charge in [-0.15, -0.1) is 0 Å². The lowest BCUT2D eigenvalue weighted by Gasteiger charge is -1.99. The van der Waals surface area contributed by atoms with Crippen LogP contribution in [-0.4, -0.2) is 18.0 Å². The fourth-order valence-electron chi connectivity index (χ4n) is 0.868. The van der Waals surface area contributed by atoms with Gasteiger partial charge in [0.05, 0.1) is 12.0 Å². The highest BCUT2D eigenvalue weighted by molar-refractivity contribution is 5.89. The number of rotatable bonds is 2. The third-order valence-corrected chi connectivity index (χ3v) is 1.46. The lowest BCUT2D eigenvalue weighted by molar-refractivity contribution is -0.609. The molecule has 0 unspecified atom stereocenters. The van der Waals surface area contributed by atoms with Gasteiger partial charge in [-0.1, -0.05) is 0 Å². The molecule has 0 N–H and O–H groups in total. The largest absolute Gasteiger partial charge is 0.619 e. The van der Waals surface area contributed by atoms with Crippen LogP contribution < -0.4 is 4.73 Å². The van der Waals surface area contributed by atoms with Crippen LogP contribution in [-0.2, 0) is 4.74 Å². The molecule has 0 saturated heterocycles. The topological polar surface area (TPSA) is 96.4 Å². The summed E-state index contributed by atoms with van der Waals surface area (Å²) in [6, 6.07) is 0.972. The van der Waals surface area contributed by atoms with Gasteiger partial charge in [0.25, 0.3) is 6.20 Å². The maximum absolute atomic E-state index is 10.9. The smallest absolute Gasteiger partial charge is 0.344 e. The van der Waals surface area contributed by atoms with Gasteiger partial charge in [-0.25, -0.2) is 4.79 Å². The first-order valence-electron chi connectivity index (χ1n) is 3.51. The number of methoxy groups -OCH3 is 1. The molecular formula is C7H6N2O5. The fourth-order valence-corrected chi connectivity index (χ4v) is 0.868. The van der Waals surface area contributed by atoms with Crippen molar-refractivity contribution in [1.29, 1.82) is 0 Å². The lowest BCUT2D eigenvalue weighted by atomic mass is 10.3. The van der Waals surface area contributed by atoms with Gasteiger partial charge < -0.3 is 9.94 Å². The Morgan fingerprint density at radius 1 is 1.57 bits per heavy atom. The van der Waals surface area contributed by atoms with Crippen LogP contribution in [0.2, 0.25) is 0 Å². The number of esters is 1. The Hall–Kier alpha value is -2.18. The molecule has 74 valence electrons. The Bertz CT molecular complexity index is 390. The van der Waals surface area contributed by atoms with E-state index in [1.807, 2.05) is 0 Å². The second kappa shape index (κ2) is 3.69. The Kier molecular flexibility index (Phi) is 2.61. The van der Waals surface area contributed by atoms with E-state index >= 15 is 0 Å². The monoisotopic (exact) mass is 198 g/mol. The number of hydrogen-bond acceptors (Lipinski definition) is 5. The minimum atomic E-state index is -0.793. The second-order valence-corrected chi connectivity index (χ2v) is 2.39. The van der Waals surface area contributed by atoms with Gasteiger partial charge in [-0.05, 0) is 0 Å². The molecule has 1 aromatic rings. The van der Waals surface area contributed by atoms with E-state index in [2.05, 4.69) is 4.74 Å². The highest BCUT2D eigenvalue weighted by Gasteiger charge is 2.17. The molecule has 1 aromatic heterocycles. The summed E-state index contributed by atoms with van der Waals surface area (Å²) in [5, 5.41) is 21.2. The van der Waals surface area contributed by atoms with E-state index < -0.39 is 16.6 Å².